The lowest BCUT2D eigenvalue weighted by atomic mass is 9.92. The van der Waals surface area contributed by atoms with Gasteiger partial charge in [0.2, 0.25) is 5.91 Å². The third-order valence-corrected chi connectivity index (χ3v) is 7.56. The molecule has 4 rings (SSSR count). The van der Waals surface area contributed by atoms with Crippen LogP contribution in [0.4, 0.5) is 10.5 Å². The lowest BCUT2D eigenvalue weighted by Crippen LogP contribution is -2.60. The number of β-lactam (4-membered cyclic amide) rings is 1. The summed E-state index contributed by atoms with van der Waals surface area (Å²) in [5, 5.41) is 31.7. The normalized spacial score (nSPS) is 18.0. The molecule has 0 saturated carbocycles. The van der Waals surface area contributed by atoms with E-state index in [-0.39, 0.29) is 34.4 Å². The second-order valence-corrected chi connectivity index (χ2v) is 10.2. The molecule has 16 heteroatoms. The average Bonchev–Trinajstić information content (AvgIpc) is 3.28. The number of hydrogen-bond donors (Lipinski definition) is 3. The maximum Gasteiger partial charge on any atom is 0.357 e. The second kappa shape index (κ2) is 12.3. The van der Waals surface area contributed by atoms with Crippen LogP contribution in [0.5, 0.6) is 5.75 Å². The molecular weight excluding hydrogens is 576 g/mol. The summed E-state index contributed by atoms with van der Waals surface area (Å²) >= 11 is 0.994. The van der Waals surface area contributed by atoms with Gasteiger partial charge in [0.05, 0.1) is 16.9 Å². The number of thioether (sulfide) groups is 1. The van der Waals surface area contributed by atoms with Gasteiger partial charge >= 0.3 is 18.0 Å². The SMILES string of the molecule is C[C@@H](O)[C@H]1C(=O)N2C(C(=O)O)=C(Oc3ccc(C(=O)N(C)C(=O)NCC(=O)OCc4ccc([N+](=O)[O-])cc4)cc3)S[C@H]12. The number of amides is 4. The highest BCUT2D eigenvalue weighted by Gasteiger charge is 2.58. The third kappa shape index (κ3) is 6.18. The lowest BCUT2D eigenvalue weighted by Gasteiger charge is -2.43. The first-order chi connectivity index (χ1) is 19.9. The molecule has 2 aliphatic rings. The van der Waals surface area contributed by atoms with E-state index < -0.39 is 58.6 Å². The zero-order valence-electron chi connectivity index (χ0n) is 22.1. The predicted molar refractivity (Wildman–Crippen MR) is 144 cm³/mol. The monoisotopic (exact) mass is 600 g/mol. The Hall–Kier alpha value is -4.96. The fourth-order valence-electron chi connectivity index (χ4n) is 4.07. The lowest BCUT2D eigenvalue weighted by molar-refractivity contribution is -0.384. The summed E-state index contributed by atoms with van der Waals surface area (Å²) in [5.41, 5.74) is 0.137. The molecule has 0 spiro atoms. The average molecular weight is 601 g/mol. The number of rotatable bonds is 10. The van der Waals surface area contributed by atoms with Crippen LogP contribution in [-0.2, 0) is 25.7 Å². The van der Waals surface area contributed by atoms with Crippen molar-refractivity contribution in [2.45, 2.75) is 25.0 Å². The van der Waals surface area contributed by atoms with E-state index in [0.717, 1.165) is 21.6 Å². The van der Waals surface area contributed by atoms with E-state index in [0.29, 0.717) is 5.56 Å². The maximum absolute atomic E-state index is 12.7. The summed E-state index contributed by atoms with van der Waals surface area (Å²) in [6.45, 7) is 0.740. The number of nitro benzene ring substituents is 1. The molecule has 1 saturated heterocycles. The van der Waals surface area contributed by atoms with E-state index in [4.69, 9.17) is 9.47 Å². The zero-order chi connectivity index (χ0) is 30.7. The van der Waals surface area contributed by atoms with Crippen LogP contribution in [0.1, 0.15) is 22.8 Å². The van der Waals surface area contributed by atoms with Crippen molar-refractivity contribution in [1.29, 1.82) is 0 Å². The van der Waals surface area contributed by atoms with Crippen molar-refractivity contribution in [3.05, 3.63) is 80.6 Å². The van der Waals surface area contributed by atoms with Crippen LogP contribution >= 0.6 is 11.8 Å². The summed E-state index contributed by atoms with van der Waals surface area (Å²) < 4.78 is 10.7. The van der Waals surface area contributed by atoms with Gasteiger partial charge in [0.15, 0.2) is 10.8 Å². The largest absolute Gasteiger partial charge is 0.476 e. The molecule has 0 radical (unpaired) electrons. The second-order valence-electron chi connectivity index (χ2n) is 9.16. The number of nitrogens with one attached hydrogen (secondary N) is 1. The Morgan fingerprint density at radius 1 is 1.14 bits per heavy atom. The van der Waals surface area contributed by atoms with Gasteiger partial charge in [-0.3, -0.25) is 34.3 Å². The number of carbonyl (C=O) groups excluding carboxylic acids is 4. The van der Waals surface area contributed by atoms with Gasteiger partial charge in [-0.1, -0.05) is 11.8 Å². The van der Waals surface area contributed by atoms with Crippen molar-refractivity contribution >= 4 is 47.2 Å². The first kappa shape index (κ1) is 30.0. The van der Waals surface area contributed by atoms with Crippen LogP contribution in [0.2, 0.25) is 0 Å². The molecule has 2 aliphatic heterocycles. The van der Waals surface area contributed by atoms with E-state index in [1.54, 1.807) is 0 Å². The Morgan fingerprint density at radius 2 is 1.79 bits per heavy atom. The Bertz CT molecular complexity index is 1470. The van der Waals surface area contributed by atoms with Crippen molar-refractivity contribution < 1.29 is 48.6 Å². The smallest absolute Gasteiger partial charge is 0.357 e. The van der Waals surface area contributed by atoms with Crippen LogP contribution < -0.4 is 10.1 Å². The number of hydrogen-bond acceptors (Lipinski definition) is 11. The number of carboxylic acid groups (broad SMARTS) is 1. The molecule has 3 N–H and O–H groups in total. The number of imide groups is 1. The molecule has 2 heterocycles. The Kier molecular flexibility index (Phi) is 8.77. The van der Waals surface area contributed by atoms with Crippen molar-refractivity contribution in [2.75, 3.05) is 13.6 Å². The number of urea groups is 1. The fourth-order valence-corrected chi connectivity index (χ4v) is 5.54. The van der Waals surface area contributed by atoms with Gasteiger partial charge in [0.1, 0.15) is 24.3 Å². The number of aliphatic carboxylic acids is 1. The third-order valence-electron chi connectivity index (χ3n) is 6.32. The van der Waals surface area contributed by atoms with Gasteiger partial charge < -0.3 is 25.0 Å². The molecule has 4 amide bonds. The van der Waals surface area contributed by atoms with Gasteiger partial charge in [-0.2, -0.15) is 0 Å². The van der Waals surface area contributed by atoms with E-state index >= 15 is 0 Å². The highest BCUT2D eigenvalue weighted by molar-refractivity contribution is 8.03. The molecule has 1 fully saturated rings. The molecule has 0 bridgehead atoms. The topological polar surface area (TPSA) is 206 Å². The molecule has 0 unspecified atom stereocenters. The van der Waals surface area contributed by atoms with E-state index in [1.165, 1.54) is 62.5 Å². The summed E-state index contributed by atoms with van der Waals surface area (Å²) in [7, 11) is 1.20. The number of esters is 1. The van der Waals surface area contributed by atoms with E-state index in [9.17, 15) is 44.3 Å². The van der Waals surface area contributed by atoms with Gasteiger partial charge in [0.25, 0.3) is 11.6 Å². The fraction of sp³-hybridized carbons (Fsp3) is 0.269. The first-order valence-electron chi connectivity index (χ1n) is 12.3. The molecule has 0 aliphatic carbocycles. The number of aliphatic hydroxyl groups excluding tert-OH is 1. The minimum Gasteiger partial charge on any atom is -0.476 e. The van der Waals surface area contributed by atoms with Crippen LogP contribution in [-0.4, -0.2) is 79.8 Å². The zero-order valence-corrected chi connectivity index (χ0v) is 22.9. The van der Waals surface area contributed by atoms with Crippen molar-refractivity contribution in [3.63, 3.8) is 0 Å². The van der Waals surface area contributed by atoms with Crippen LogP contribution in [0, 0.1) is 16.0 Å². The van der Waals surface area contributed by atoms with Gasteiger partial charge in [0, 0.05) is 24.7 Å². The first-order valence-corrected chi connectivity index (χ1v) is 13.1. The quantitative estimate of drug-likeness (QED) is 0.154. The highest BCUT2D eigenvalue weighted by Crippen LogP contribution is 2.50. The maximum atomic E-state index is 12.7. The van der Waals surface area contributed by atoms with Crippen LogP contribution in [0.25, 0.3) is 0 Å². The molecule has 15 nitrogen and oxygen atoms in total. The summed E-state index contributed by atoms with van der Waals surface area (Å²) in [4.78, 5) is 73.2. The molecule has 220 valence electrons. The van der Waals surface area contributed by atoms with Gasteiger partial charge in [-0.05, 0) is 48.9 Å². The van der Waals surface area contributed by atoms with Crippen molar-refractivity contribution in [1.82, 2.24) is 15.1 Å². The van der Waals surface area contributed by atoms with Gasteiger partial charge in [-0.25, -0.2) is 9.59 Å². The van der Waals surface area contributed by atoms with Crippen LogP contribution in [0.15, 0.2) is 59.3 Å². The number of fused-ring (bicyclic) bond motifs is 1. The number of carboxylic acids is 1. The number of carbonyl (C=O) groups is 5. The summed E-state index contributed by atoms with van der Waals surface area (Å²) in [5.74, 6) is -3.99. The van der Waals surface area contributed by atoms with E-state index in [2.05, 4.69) is 5.32 Å². The molecular formula is C26H24N4O11S. The number of ether oxygens (including phenoxy) is 2. The number of non-ortho nitro benzene ring substituents is 1. The Balaban J connectivity index is 1.29. The van der Waals surface area contributed by atoms with Crippen molar-refractivity contribution in [2.24, 2.45) is 5.92 Å². The molecule has 0 aromatic heterocycles. The molecule has 2 aromatic rings. The van der Waals surface area contributed by atoms with Crippen molar-refractivity contribution in [3.8, 4) is 5.75 Å². The molecule has 42 heavy (non-hydrogen) atoms. The van der Waals surface area contributed by atoms with E-state index in [1.807, 2.05) is 0 Å². The molecule has 2 aromatic carbocycles. The number of nitrogens with zero attached hydrogens (tertiary/aromatic N) is 3. The Labute approximate surface area is 241 Å². The minimum absolute atomic E-state index is 0.0416. The van der Waals surface area contributed by atoms with Crippen LogP contribution in [0.3, 0.4) is 0 Å². The standard InChI is InChI=1S/C26H24N4O11S/c1-13(31)19-22(34)29-20(24(35)36)25(42-23(19)29)41-17-9-5-15(6-10-17)21(33)28(2)26(37)27-11-18(32)40-12-14-3-7-16(8-4-14)30(38)39/h3-10,13,19,23,31H,11-12H2,1-2H3,(H,27,37)(H,35,36)/t13-,19+,23-/m1/s1. The molecule has 3 atom stereocenters. The number of aliphatic hydroxyl groups is 1. The Morgan fingerprint density at radius 3 is 2.36 bits per heavy atom. The summed E-state index contributed by atoms with van der Waals surface area (Å²) in [6.07, 6.45) is -0.965. The number of nitro groups is 1. The highest BCUT2D eigenvalue weighted by atomic mass is 32.2. The predicted octanol–water partition coefficient (Wildman–Crippen LogP) is 1.66. The number of benzene rings is 2. The minimum atomic E-state index is -1.37. The summed E-state index contributed by atoms with van der Waals surface area (Å²) in [6, 6.07) is 9.95. The van der Waals surface area contributed by atoms with Gasteiger partial charge in [-0.15, -0.1) is 0 Å².